The van der Waals surface area contributed by atoms with Gasteiger partial charge in [0.15, 0.2) is 0 Å². The molecule has 0 spiro atoms. The summed E-state index contributed by atoms with van der Waals surface area (Å²) in [6, 6.07) is 0.948. The van der Waals surface area contributed by atoms with E-state index in [1.54, 1.807) is 0 Å². The van der Waals surface area contributed by atoms with Gasteiger partial charge in [0.25, 0.3) is 10.9 Å². The summed E-state index contributed by atoms with van der Waals surface area (Å²) in [4.78, 5) is 23.5. The summed E-state index contributed by atoms with van der Waals surface area (Å²) in [5, 5.41) is 8.12. The Kier molecular flexibility index (Phi) is 5.13. The smallest absolute Gasteiger partial charge is 0.378 e. The molecule has 0 aliphatic carbocycles. The maximum absolute atomic E-state index is 12.9. The van der Waals surface area contributed by atoms with Crippen molar-refractivity contribution in [1.29, 1.82) is 0 Å². The molecule has 152 valence electrons. The van der Waals surface area contributed by atoms with E-state index < -0.39 is 40.0 Å². The van der Waals surface area contributed by atoms with Crippen LogP contribution in [0.3, 0.4) is 0 Å². The van der Waals surface area contributed by atoms with Gasteiger partial charge in [-0.15, -0.1) is 0 Å². The molecule has 1 saturated heterocycles. The van der Waals surface area contributed by atoms with Gasteiger partial charge in [0.2, 0.25) is 0 Å². The molecule has 0 radical (unpaired) electrons. The lowest BCUT2D eigenvalue weighted by Gasteiger charge is -2.19. The molecule has 1 atom stereocenters. The SMILES string of the molecule is O=c1c(NC[C@@H]2CCCN2)c(Nc2cc(C(F)(F)F)cc(C(F)(F)F)c2)c1=O. The van der Waals surface area contributed by atoms with Crippen LogP contribution < -0.4 is 26.8 Å². The number of anilines is 3. The predicted molar refractivity (Wildman–Crippen MR) is 90.6 cm³/mol. The van der Waals surface area contributed by atoms with Crippen LogP contribution >= 0.6 is 0 Å². The maximum Gasteiger partial charge on any atom is 0.416 e. The number of alkyl halides is 6. The van der Waals surface area contributed by atoms with Crippen LogP contribution in [-0.4, -0.2) is 19.1 Å². The second kappa shape index (κ2) is 7.12. The minimum absolute atomic E-state index is 0.0156. The van der Waals surface area contributed by atoms with E-state index in [0.29, 0.717) is 18.7 Å². The summed E-state index contributed by atoms with van der Waals surface area (Å²) in [6.07, 6.45) is -8.25. The van der Waals surface area contributed by atoms with Crippen LogP contribution in [0.5, 0.6) is 0 Å². The average Bonchev–Trinajstić information content (AvgIpc) is 3.12. The second-order valence-electron chi connectivity index (χ2n) is 6.50. The van der Waals surface area contributed by atoms with Gasteiger partial charge in [0.1, 0.15) is 11.4 Å². The second-order valence-corrected chi connectivity index (χ2v) is 6.50. The zero-order chi connectivity index (χ0) is 20.7. The molecule has 2 aromatic carbocycles. The van der Waals surface area contributed by atoms with E-state index in [-0.39, 0.29) is 23.5 Å². The summed E-state index contributed by atoms with van der Waals surface area (Å²) in [6.45, 7) is 1.10. The number of nitrogens with one attached hydrogen (secondary N) is 3. The Hall–Kier alpha value is -2.56. The zero-order valence-electron chi connectivity index (χ0n) is 14.2. The highest BCUT2D eigenvalue weighted by atomic mass is 19.4. The molecule has 1 aliphatic heterocycles. The first-order valence-electron chi connectivity index (χ1n) is 8.34. The van der Waals surface area contributed by atoms with E-state index in [4.69, 9.17) is 0 Å². The van der Waals surface area contributed by atoms with Crippen molar-refractivity contribution >= 4 is 17.1 Å². The first kappa shape index (κ1) is 20.2. The monoisotopic (exact) mass is 407 g/mol. The fraction of sp³-hybridized carbons (Fsp3) is 0.412. The van der Waals surface area contributed by atoms with Crippen LogP contribution in [0.4, 0.5) is 43.4 Å². The van der Waals surface area contributed by atoms with Crippen molar-refractivity contribution in [2.75, 3.05) is 23.7 Å². The van der Waals surface area contributed by atoms with Crippen LogP contribution in [0, 0.1) is 0 Å². The quantitative estimate of drug-likeness (QED) is 0.525. The van der Waals surface area contributed by atoms with Gasteiger partial charge in [-0.3, -0.25) is 9.59 Å². The molecule has 0 aromatic heterocycles. The number of rotatable bonds is 5. The molecule has 0 bridgehead atoms. The lowest BCUT2D eigenvalue weighted by atomic mass is 10.1. The summed E-state index contributed by atoms with van der Waals surface area (Å²) in [5.41, 5.74) is -6.01. The highest BCUT2D eigenvalue weighted by Gasteiger charge is 2.37. The van der Waals surface area contributed by atoms with E-state index in [1.165, 1.54) is 0 Å². The van der Waals surface area contributed by atoms with E-state index in [2.05, 4.69) is 16.0 Å². The molecule has 1 fully saturated rings. The average molecular weight is 407 g/mol. The van der Waals surface area contributed by atoms with Gasteiger partial charge in [-0.2, -0.15) is 26.3 Å². The Morgan fingerprint density at radius 3 is 2.00 bits per heavy atom. The Balaban J connectivity index is 1.88. The van der Waals surface area contributed by atoms with E-state index >= 15 is 0 Å². The molecule has 1 heterocycles. The molecule has 3 rings (SSSR count). The number of benzene rings is 1. The molecule has 0 saturated carbocycles. The minimum atomic E-state index is -5.01. The van der Waals surface area contributed by atoms with Gasteiger partial charge < -0.3 is 16.0 Å². The molecule has 0 amide bonds. The van der Waals surface area contributed by atoms with E-state index in [9.17, 15) is 35.9 Å². The zero-order valence-corrected chi connectivity index (χ0v) is 14.2. The number of hydrogen-bond acceptors (Lipinski definition) is 5. The van der Waals surface area contributed by atoms with Gasteiger partial charge in [-0.05, 0) is 37.6 Å². The molecule has 28 heavy (non-hydrogen) atoms. The highest BCUT2D eigenvalue weighted by molar-refractivity contribution is 5.79. The third-order valence-corrected chi connectivity index (χ3v) is 4.45. The van der Waals surface area contributed by atoms with Crippen LogP contribution in [-0.2, 0) is 12.4 Å². The first-order valence-corrected chi connectivity index (χ1v) is 8.34. The third kappa shape index (κ3) is 4.13. The Bertz CT molecular complexity index is 906. The lowest BCUT2D eigenvalue weighted by Crippen LogP contribution is -2.39. The molecular formula is C17H15F6N3O2. The van der Waals surface area contributed by atoms with Crippen LogP contribution in [0.15, 0.2) is 27.8 Å². The number of halogens is 6. The maximum atomic E-state index is 12.9. The third-order valence-electron chi connectivity index (χ3n) is 4.45. The van der Waals surface area contributed by atoms with Crippen molar-refractivity contribution in [2.24, 2.45) is 0 Å². The van der Waals surface area contributed by atoms with Crippen molar-refractivity contribution < 1.29 is 26.3 Å². The normalized spacial score (nSPS) is 17.9. The van der Waals surface area contributed by atoms with Gasteiger partial charge >= 0.3 is 12.4 Å². The molecule has 5 nitrogen and oxygen atoms in total. The van der Waals surface area contributed by atoms with Crippen LogP contribution in [0.25, 0.3) is 0 Å². The lowest BCUT2D eigenvalue weighted by molar-refractivity contribution is -0.143. The molecule has 0 unspecified atom stereocenters. The Morgan fingerprint density at radius 2 is 1.50 bits per heavy atom. The molecule has 1 aliphatic rings. The largest absolute Gasteiger partial charge is 0.416 e. The van der Waals surface area contributed by atoms with E-state index in [0.717, 1.165) is 19.4 Å². The van der Waals surface area contributed by atoms with Gasteiger partial charge in [-0.1, -0.05) is 0 Å². The van der Waals surface area contributed by atoms with Crippen molar-refractivity contribution in [2.45, 2.75) is 31.2 Å². The molecule has 2 aromatic rings. The fourth-order valence-electron chi connectivity index (χ4n) is 3.01. The van der Waals surface area contributed by atoms with E-state index in [1.807, 2.05) is 0 Å². The summed E-state index contributed by atoms with van der Waals surface area (Å²) >= 11 is 0. The van der Waals surface area contributed by atoms with Gasteiger partial charge in [0.05, 0.1) is 11.1 Å². The van der Waals surface area contributed by atoms with Crippen molar-refractivity contribution in [3.63, 3.8) is 0 Å². The summed E-state index contributed by atoms with van der Waals surface area (Å²) in [5.74, 6) is 0. The van der Waals surface area contributed by atoms with Crippen molar-refractivity contribution in [3.05, 3.63) is 49.8 Å². The van der Waals surface area contributed by atoms with Crippen LogP contribution in [0.1, 0.15) is 24.0 Å². The molecule has 3 N–H and O–H groups in total. The molecular weight excluding hydrogens is 392 g/mol. The van der Waals surface area contributed by atoms with Gasteiger partial charge in [-0.25, -0.2) is 0 Å². The topological polar surface area (TPSA) is 70.2 Å². The first-order chi connectivity index (χ1) is 13.0. The minimum Gasteiger partial charge on any atom is -0.378 e. The summed E-state index contributed by atoms with van der Waals surface area (Å²) in [7, 11) is 0. The van der Waals surface area contributed by atoms with Crippen molar-refractivity contribution in [3.8, 4) is 0 Å². The highest BCUT2D eigenvalue weighted by Crippen LogP contribution is 2.38. The Labute approximate surface area is 154 Å². The summed E-state index contributed by atoms with van der Waals surface area (Å²) < 4.78 is 77.6. The standard InChI is InChI=1S/C17H15F6N3O2/c18-16(19,20)8-4-9(17(21,22)23)6-11(5-8)26-13-12(14(27)15(13)28)25-7-10-2-1-3-24-10/h4-6,10,24-26H,1-3,7H2/t10-/m0/s1. The molecule has 11 heteroatoms. The van der Waals surface area contributed by atoms with Gasteiger partial charge in [0, 0.05) is 18.3 Å². The van der Waals surface area contributed by atoms with Crippen molar-refractivity contribution in [1.82, 2.24) is 5.32 Å². The fourth-order valence-corrected chi connectivity index (χ4v) is 3.01. The predicted octanol–water partition coefficient (Wildman–Crippen LogP) is 3.23. The van der Waals surface area contributed by atoms with Crippen LogP contribution in [0.2, 0.25) is 0 Å². The Morgan fingerprint density at radius 1 is 0.929 bits per heavy atom. The number of hydrogen-bond donors (Lipinski definition) is 3.